The second-order valence-electron chi connectivity index (χ2n) is 6.45. The van der Waals surface area contributed by atoms with Crippen LogP contribution in [0.2, 0.25) is 0 Å². The molecule has 28 heavy (non-hydrogen) atoms. The van der Waals surface area contributed by atoms with E-state index in [2.05, 4.69) is 15.8 Å². The molecule has 3 N–H and O–H groups in total. The van der Waals surface area contributed by atoms with Crippen molar-refractivity contribution in [2.24, 2.45) is 0 Å². The molecule has 0 saturated heterocycles. The number of nitrogens with zero attached hydrogens (tertiary/aromatic N) is 2. The normalized spacial score (nSPS) is 12.0. The number of para-hydroxylation sites is 1. The SMILES string of the molecule is CC[C@H](Nc1c(Nc2cccc(C(=O)N(C)C)c2O)c(=O)c1=O)c1ccno1. The second kappa shape index (κ2) is 7.55. The van der Waals surface area contributed by atoms with Gasteiger partial charge in [-0.1, -0.05) is 18.1 Å². The van der Waals surface area contributed by atoms with Crippen molar-refractivity contribution in [2.45, 2.75) is 19.4 Å². The summed E-state index contributed by atoms with van der Waals surface area (Å²) in [6.07, 6.45) is 2.08. The number of amides is 1. The van der Waals surface area contributed by atoms with Crippen LogP contribution < -0.4 is 21.5 Å². The van der Waals surface area contributed by atoms with E-state index in [4.69, 9.17) is 4.52 Å². The first-order chi connectivity index (χ1) is 13.3. The van der Waals surface area contributed by atoms with Gasteiger partial charge in [0.05, 0.1) is 23.5 Å². The van der Waals surface area contributed by atoms with Gasteiger partial charge >= 0.3 is 0 Å². The van der Waals surface area contributed by atoms with E-state index in [-0.39, 0.29) is 40.3 Å². The Hall–Kier alpha value is -3.62. The highest BCUT2D eigenvalue weighted by Gasteiger charge is 2.26. The van der Waals surface area contributed by atoms with Crippen molar-refractivity contribution in [3.05, 3.63) is 62.2 Å². The van der Waals surface area contributed by atoms with Gasteiger partial charge in [0, 0.05) is 20.2 Å². The predicted molar refractivity (Wildman–Crippen MR) is 104 cm³/mol. The zero-order chi connectivity index (χ0) is 20.4. The standard InChI is InChI=1S/C19H20N4O5/c1-4-11(13-8-9-20-28-13)21-14-15(18(26)17(14)25)22-12-7-5-6-10(16(12)24)19(27)23(2)3/h5-9,11,21-22,24H,4H2,1-3H3/t11-/m0/s1. The number of carbonyl (C=O) groups excluding carboxylic acids is 1. The Bertz CT molecular complexity index is 1060. The number of phenolic OH excluding ortho intramolecular Hbond substituents is 1. The lowest BCUT2D eigenvalue weighted by atomic mass is 10.1. The molecule has 3 aromatic rings. The number of aromatic hydroxyl groups is 1. The minimum Gasteiger partial charge on any atom is -0.505 e. The van der Waals surface area contributed by atoms with Gasteiger partial charge in [-0.25, -0.2) is 0 Å². The quantitative estimate of drug-likeness (QED) is 0.417. The lowest BCUT2D eigenvalue weighted by Crippen LogP contribution is -2.37. The fourth-order valence-electron chi connectivity index (χ4n) is 2.80. The molecule has 0 aliphatic carbocycles. The van der Waals surface area contributed by atoms with Gasteiger partial charge in [0.15, 0.2) is 11.5 Å². The highest BCUT2D eigenvalue weighted by molar-refractivity contribution is 5.99. The molecule has 0 aliphatic rings. The molecule has 9 heteroatoms. The fraction of sp³-hybridized carbons (Fsp3) is 0.263. The van der Waals surface area contributed by atoms with E-state index in [1.807, 2.05) is 6.92 Å². The molecule has 1 aromatic heterocycles. The minimum atomic E-state index is -0.710. The first kappa shape index (κ1) is 19.2. The highest BCUT2D eigenvalue weighted by atomic mass is 16.5. The molecule has 0 spiro atoms. The van der Waals surface area contributed by atoms with Crippen LogP contribution in [-0.4, -0.2) is 35.2 Å². The molecular formula is C19H20N4O5. The van der Waals surface area contributed by atoms with Crippen LogP contribution in [-0.2, 0) is 0 Å². The second-order valence-corrected chi connectivity index (χ2v) is 6.45. The third-order valence-corrected chi connectivity index (χ3v) is 4.37. The van der Waals surface area contributed by atoms with Crippen molar-refractivity contribution in [2.75, 3.05) is 24.7 Å². The summed E-state index contributed by atoms with van der Waals surface area (Å²) in [6, 6.07) is 5.88. The predicted octanol–water partition coefficient (Wildman–Crippen LogP) is 1.98. The van der Waals surface area contributed by atoms with Crippen molar-refractivity contribution in [1.82, 2.24) is 10.1 Å². The van der Waals surface area contributed by atoms with Gasteiger partial charge < -0.3 is 25.2 Å². The Morgan fingerprint density at radius 1 is 1.21 bits per heavy atom. The Balaban J connectivity index is 1.90. The highest BCUT2D eigenvalue weighted by Crippen LogP contribution is 2.33. The zero-order valence-electron chi connectivity index (χ0n) is 15.6. The maximum Gasteiger partial charge on any atom is 0.257 e. The molecule has 0 fully saturated rings. The van der Waals surface area contributed by atoms with Crippen molar-refractivity contribution < 1.29 is 14.4 Å². The first-order valence-corrected chi connectivity index (χ1v) is 8.66. The lowest BCUT2D eigenvalue weighted by Gasteiger charge is -2.20. The summed E-state index contributed by atoms with van der Waals surface area (Å²) in [6.45, 7) is 1.89. The average Bonchev–Trinajstić information content (AvgIpc) is 3.22. The van der Waals surface area contributed by atoms with Crippen LogP contribution in [0.1, 0.15) is 35.5 Å². The van der Waals surface area contributed by atoms with Crippen molar-refractivity contribution >= 4 is 23.0 Å². The molecule has 1 heterocycles. The van der Waals surface area contributed by atoms with Gasteiger partial charge in [-0.05, 0) is 18.6 Å². The third-order valence-electron chi connectivity index (χ3n) is 4.37. The Kier molecular flexibility index (Phi) is 5.16. The number of benzene rings is 1. The molecule has 3 rings (SSSR count). The number of aromatic nitrogens is 1. The molecule has 0 radical (unpaired) electrons. The summed E-state index contributed by atoms with van der Waals surface area (Å²) < 4.78 is 5.12. The van der Waals surface area contributed by atoms with Gasteiger partial charge in [-0.3, -0.25) is 14.4 Å². The summed E-state index contributed by atoms with van der Waals surface area (Å²) in [7, 11) is 3.13. The van der Waals surface area contributed by atoms with Gasteiger partial charge in [0.2, 0.25) is 0 Å². The van der Waals surface area contributed by atoms with Crippen LogP contribution in [0.25, 0.3) is 0 Å². The zero-order valence-corrected chi connectivity index (χ0v) is 15.6. The van der Waals surface area contributed by atoms with Gasteiger partial charge in [-0.2, -0.15) is 0 Å². The summed E-state index contributed by atoms with van der Waals surface area (Å²) in [5.74, 6) is -0.161. The number of rotatable bonds is 7. The maximum absolute atomic E-state index is 12.2. The molecule has 1 amide bonds. The van der Waals surface area contributed by atoms with E-state index in [1.165, 1.54) is 23.2 Å². The summed E-state index contributed by atoms with van der Waals surface area (Å²) >= 11 is 0. The van der Waals surface area contributed by atoms with E-state index in [9.17, 15) is 19.5 Å². The van der Waals surface area contributed by atoms with Gasteiger partial charge in [0.25, 0.3) is 16.8 Å². The molecule has 0 bridgehead atoms. The molecule has 9 nitrogen and oxygen atoms in total. The Morgan fingerprint density at radius 2 is 1.93 bits per heavy atom. The topological polar surface area (TPSA) is 125 Å². The number of nitrogens with one attached hydrogen (secondary N) is 2. The van der Waals surface area contributed by atoms with E-state index in [0.717, 1.165) is 0 Å². The van der Waals surface area contributed by atoms with Crippen LogP contribution in [0.4, 0.5) is 17.1 Å². The van der Waals surface area contributed by atoms with Crippen molar-refractivity contribution in [3.8, 4) is 5.75 Å². The number of anilines is 3. The molecule has 0 saturated carbocycles. The largest absolute Gasteiger partial charge is 0.505 e. The molecule has 0 aliphatic heterocycles. The van der Waals surface area contributed by atoms with Gasteiger partial charge in [0.1, 0.15) is 11.4 Å². The van der Waals surface area contributed by atoms with Gasteiger partial charge in [-0.15, -0.1) is 0 Å². The van der Waals surface area contributed by atoms with E-state index >= 15 is 0 Å². The number of carbonyl (C=O) groups is 1. The van der Waals surface area contributed by atoms with Crippen LogP contribution in [0.5, 0.6) is 5.75 Å². The van der Waals surface area contributed by atoms with Crippen LogP contribution in [0.15, 0.2) is 44.6 Å². The Morgan fingerprint density at radius 3 is 2.54 bits per heavy atom. The molecule has 0 unspecified atom stereocenters. The smallest absolute Gasteiger partial charge is 0.257 e. The molecule has 146 valence electrons. The van der Waals surface area contributed by atoms with Crippen LogP contribution in [0, 0.1) is 0 Å². The van der Waals surface area contributed by atoms with Crippen LogP contribution >= 0.6 is 0 Å². The van der Waals surface area contributed by atoms with Crippen molar-refractivity contribution in [1.29, 1.82) is 0 Å². The van der Waals surface area contributed by atoms with E-state index in [0.29, 0.717) is 12.2 Å². The fourth-order valence-corrected chi connectivity index (χ4v) is 2.80. The lowest BCUT2D eigenvalue weighted by molar-refractivity contribution is 0.0824. The summed E-state index contributed by atoms with van der Waals surface area (Å²) in [5, 5.41) is 19.8. The number of hydrogen-bond donors (Lipinski definition) is 3. The Labute approximate surface area is 160 Å². The summed E-state index contributed by atoms with van der Waals surface area (Å²) in [5.41, 5.74) is -1.03. The molecule has 2 aromatic carbocycles. The van der Waals surface area contributed by atoms with Crippen LogP contribution in [0.3, 0.4) is 0 Å². The van der Waals surface area contributed by atoms with E-state index < -0.39 is 10.9 Å². The average molecular weight is 384 g/mol. The minimum absolute atomic E-state index is 0.0210. The van der Waals surface area contributed by atoms with Crippen molar-refractivity contribution in [3.63, 3.8) is 0 Å². The maximum atomic E-state index is 12.2. The van der Waals surface area contributed by atoms with E-state index in [1.54, 1.807) is 26.2 Å². The number of phenols is 1. The monoisotopic (exact) mass is 384 g/mol. The molecular weight excluding hydrogens is 364 g/mol. The molecule has 1 atom stereocenters. The summed E-state index contributed by atoms with van der Waals surface area (Å²) in [4.78, 5) is 37.6. The first-order valence-electron chi connectivity index (χ1n) is 8.66. The third kappa shape index (κ3) is 3.34. The number of hydrogen-bond acceptors (Lipinski definition) is 8.